The first-order valence-electron chi connectivity index (χ1n) is 5.45. The lowest BCUT2D eigenvalue weighted by Crippen LogP contribution is -2.16. The van der Waals surface area contributed by atoms with Gasteiger partial charge in [-0.1, -0.05) is 36.0 Å². The van der Waals surface area contributed by atoms with Gasteiger partial charge in [0, 0.05) is 12.3 Å². The number of nitrogens with one attached hydrogen (secondary N) is 1. The predicted octanol–water partition coefficient (Wildman–Crippen LogP) is 3.73. The number of aryl methyl sites for hydroxylation is 1. The fourth-order valence-corrected chi connectivity index (χ4v) is 1.94. The lowest BCUT2D eigenvalue weighted by Gasteiger charge is -2.08. The normalized spacial score (nSPS) is 11.8. The van der Waals surface area contributed by atoms with Crippen LogP contribution in [0.1, 0.15) is 17.5 Å². The summed E-state index contributed by atoms with van der Waals surface area (Å²) in [4.78, 5) is 0. The van der Waals surface area contributed by atoms with E-state index in [0.717, 1.165) is 0 Å². The lowest BCUT2D eigenvalue weighted by atomic mass is 10.1. The van der Waals surface area contributed by atoms with Crippen molar-refractivity contribution in [2.24, 2.45) is 0 Å². The second-order valence-corrected chi connectivity index (χ2v) is 4.91. The van der Waals surface area contributed by atoms with E-state index in [2.05, 4.69) is 5.32 Å². The van der Waals surface area contributed by atoms with E-state index in [4.69, 9.17) is 0 Å². The summed E-state index contributed by atoms with van der Waals surface area (Å²) < 4.78 is 35.5. The Labute approximate surface area is 104 Å². The molecule has 0 saturated carbocycles. The first-order chi connectivity index (χ1) is 7.99. The van der Waals surface area contributed by atoms with Crippen LogP contribution in [0.25, 0.3) is 0 Å². The molecule has 0 aliphatic heterocycles. The summed E-state index contributed by atoms with van der Waals surface area (Å²) in [5.74, 6) is 0.115. The highest BCUT2D eigenvalue weighted by Crippen LogP contribution is 2.30. The van der Waals surface area contributed by atoms with Gasteiger partial charge >= 0.3 is 5.51 Å². The Morgan fingerprint density at radius 3 is 2.59 bits per heavy atom. The maximum Gasteiger partial charge on any atom is 0.441 e. The lowest BCUT2D eigenvalue weighted by molar-refractivity contribution is -0.0327. The van der Waals surface area contributed by atoms with Gasteiger partial charge in [-0.05, 0) is 31.0 Å². The number of thioether (sulfide) groups is 1. The monoisotopic (exact) mass is 263 g/mol. The zero-order valence-corrected chi connectivity index (χ0v) is 10.5. The van der Waals surface area contributed by atoms with Gasteiger partial charge in [0.15, 0.2) is 0 Å². The smallest absolute Gasteiger partial charge is 0.313 e. The van der Waals surface area contributed by atoms with Gasteiger partial charge in [0.1, 0.15) is 0 Å². The van der Waals surface area contributed by atoms with Crippen LogP contribution in [-0.4, -0.2) is 17.8 Å². The van der Waals surface area contributed by atoms with E-state index in [1.165, 1.54) is 11.1 Å². The molecular weight excluding hydrogens is 247 g/mol. The average molecular weight is 263 g/mol. The maximum atomic E-state index is 11.8. The van der Waals surface area contributed by atoms with Crippen LogP contribution in [0.5, 0.6) is 0 Å². The highest BCUT2D eigenvalue weighted by molar-refractivity contribution is 8.00. The molecule has 0 aromatic heterocycles. The Hall–Kier alpha value is -0.680. The molecule has 1 aromatic carbocycles. The number of rotatable bonds is 6. The number of halogens is 3. The van der Waals surface area contributed by atoms with Crippen LogP contribution in [0.3, 0.4) is 0 Å². The Morgan fingerprint density at radius 2 is 1.94 bits per heavy atom. The van der Waals surface area contributed by atoms with Crippen molar-refractivity contribution in [2.45, 2.75) is 25.4 Å². The van der Waals surface area contributed by atoms with Gasteiger partial charge in [0.25, 0.3) is 0 Å². The van der Waals surface area contributed by atoms with Crippen molar-refractivity contribution in [2.75, 3.05) is 12.3 Å². The molecule has 0 fully saturated rings. The molecule has 0 amide bonds. The first kappa shape index (κ1) is 14.4. The minimum atomic E-state index is -4.10. The summed E-state index contributed by atoms with van der Waals surface area (Å²) in [7, 11) is 0. The van der Waals surface area contributed by atoms with E-state index >= 15 is 0 Å². The van der Waals surface area contributed by atoms with Gasteiger partial charge in [0.2, 0.25) is 0 Å². The highest BCUT2D eigenvalue weighted by Gasteiger charge is 2.27. The predicted molar refractivity (Wildman–Crippen MR) is 66.0 cm³/mol. The molecule has 1 nitrogen and oxygen atoms in total. The number of benzene rings is 1. The number of alkyl halides is 3. The third kappa shape index (κ3) is 6.58. The van der Waals surface area contributed by atoms with E-state index in [1.807, 2.05) is 31.2 Å². The largest absolute Gasteiger partial charge is 0.441 e. The minimum Gasteiger partial charge on any atom is -0.313 e. The Kier molecular flexibility index (Phi) is 5.85. The number of hydrogen-bond acceptors (Lipinski definition) is 2. The molecule has 0 saturated heterocycles. The molecule has 5 heteroatoms. The third-order valence-corrected chi connectivity index (χ3v) is 3.16. The van der Waals surface area contributed by atoms with E-state index in [-0.39, 0.29) is 17.5 Å². The van der Waals surface area contributed by atoms with Crippen LogP contribution in [0.2, 0.25) is 0 Å². The van der Waals surface area contributed by atoms with Crippen molar-refractivity contribution in [1.29, 1.82) is 0 Å². The van der Waals surface area contributed by atoms with Crippen LogP contribution >= 0.6 is 11.8 Å². The van der Waals surface area contributed by atoms with Crippen LogP contribution in [0.4, 0.5) is 13.2 Å². The van der Waals surface area contributed by atoms with Crippen molar-refractivity contribution < 1.29 is 13.2 Å². The third-order valence-electron chi connectivity index (χ3n) is 2.34. The zero-order chi connectivity index (χ0) is 12.7. The molecule has 1 aromatic rings. The molecule has 0 unspecified atom stereocenters. The maximum absolute atomic E-state index is 11.8. The molecule has 96 valence electrons. The van der Waals surface area contributed by atoms with Crippen LogP contribution in [0, 0.1) is 6.92 Å². The van der Waals surface area contributed by atoms with Crippen molar-refractivity contribution in [3.63, 3.8) is 0 Å². The van der Waals surface area contributed by atoms with Crippen molar-refractivity contribution >= 4 is 11.8 Å². The topological polar surface area (TPSA) is 12.0 Å². The van der Waals surface area contributed by atoms with E-state index in [9.17, 15) is 13.2 Å². The molecule has 1 N–H and O–H groups in total. The fourth-order valence-electron chi connectivity index (χ4n) is 1.42. The van der Waals surface area contributed by atoms with E-state index < -0.39 is 5.51 Å². The van der Waals surface area contributed by atoms with Gasteiger partial charge in [-0.15, -0.1) is 0 Å². The summed E-state index contributed by atoms with van der Waals surface area (Å²) in [6.45, 7) is 3.34. The van der Waals surface area contributed by atoms with Crippen LogP contribution < -0.4 is 5.32 Å². The fraction of sp³-hybridized carbons (Fsp3) is 0.500. The standard InChI is InChI=1S/C12H16F3NS/c1-10-5-2-3-6-11(10)9-16-7-4-8-17-12(13,14)15/h2-3,5-6,16H,4,7-9H2,1H3. The summed E-state index contributed by atoms with van der Waals surface area (Å²) in [6.07, 6.45) is 0.524. The van der Waals surface area contributed by atoms with Crippen molar-refractivity contribution in [3.05, 3.63) is 35.4 Å². The zero-order valence-electron chi connectivity index (χ0n) is 9.68. The summed E-state index contributed by atoms with van der Waals surface area (Å²) in [5, 5.41) is 3.15. The molecule has 0 aliphatic rings. The quantitative estimate of drug-likeness (QED) is 0.785. The molecule has 0 aliphatic carbocycles. The minimum absolute atomic E-state index is 0.0430. The van der Waals surface area contributed by atoms with Gasteiger partial charge in [0.05, 0.1) is 0 Å². The van der Waals surface area contributed by atoms with E-state index in [1.54, 1.807) is 0 Å². The van der Waals surface area contributed by atoms with Gasteiger partial charge < -0.3 is 5.32 Å². The van der Waals surface area contributed by atoms with Crippen LogP contribution in [-0.2, 0) is 6.54 Å². The molecule has 1 rings (SSSR count). The first-order valence-corrected chi connectivity index (χ1v) is 6.43. The summed E-state index contributed by atoms with van der Waals surface area (Å²) >= 11 is 0.0430. The Bertz CT molecular complexity index is 339. The molecule has 0 heterocycles. The SMILES string of the molecule is Cc1ccccc1CNCCCSC(F)(F)F. The molecule has 0 radical (unpaired) electrons. The summed E-state index contributed by atoms with van der Waals surface area (Å²) in [5.41, 5.74) is -1.71. The van der Waals surface area contributed by atoms with Crippen molar-refractivity contribution in [1.82, 2.24) is 5.32 Å². The molecule has 0 bridgehead atoms. The molecule has 0 spiro atoms. The summed E-state index contributed by atoms with van der Waals surface area (Å²) in [6, 6.07) is 7.98. The number of hydrogen-bond donors (Lipinski definition) is 1. The Balaban J connectivity index is 2.11. The molecule has 17 heavy (non-hydrogen) atoms. The highest BCUT2D eigenvalue weighted by atomic mass is 32.2. The Morgan fingerprint density at radius 1 is 1.24 bits per heavy atom. The van der Waals surface area contributed by atoms with Gasteiger partial charge in [-0.25, -0.2) is 0 Å². The second kappa shape index (κ2) is 6.91. The van der Waals surface area contributed by atoms with Gasteiger partial charge in [-0.3, -0.25) is 0 Å². The van der Waals surface area contributed by atoms with E-state index in [0.29, 0.717) is 19.5 Å². The molecular formula is C12H16F3NS. The second-order valence-electron chi connectivity index (χ2n) is 3.75. The van der Waals surface area contributed by atoms with Crippen molar-refractivity contribution in [3.8, 4) is 0 Å². The molecule has 0 atom stereocenters. The van der Waals surface area contributed by atoms with Crippen LogP contribution in [0.15, 0.2) is 24.3 Å². The van der Waals surface area contributed by atoms with Gasteiger partial charge in [-0.2, -0.15) is 13.2 Å². The average Bonchev–Trinajstić information content (AvgIpc) is 2.24.